The van der Waals surface area contributed by atoms with E-state index in [1.807, 2.05) is 0 Å². The van der Waals surface area contributed by atoms with E-state index in [4.69, 9.17) is 0 Å². The summed E-state index contributed by atoms with van der Waals surface area (Å²) < 4.78 is 0. The first-order valence-electron chi connectivity index (χ1n) is 5.40. The first-order chi connectivity index (χ1) is 6.30. The molecule has 3 fully saturated rings. The lowest BCUT2D eigenvalue weighted by Crippen LogP contribution is -2.62. The van der Waals surface area contributed by atoms with E-state index >= 15 is 0 Å². The third-order valence-corrected chi connectivity index (χ3v) is 4.21. The molecule has 13 heavy (non-hydrogen) atoms. The van der Waals surface area contributed by atoms with Gasteiger partial charge in [-0.2, -0.15) is 0 Å². The van der Waals surface area contributed by atoms with Crippen LogP contribution in [-0.4, -0.2) is 51.2 Å². The van der Waals surface area contributed by atoms with Gasteiger partial charge in [-0.25, -0.2) is 0 Å². The largest absolute Gasteiger partial charge is 0.316 e. The Kier molecular flexibility index (Phi) is 1.70. The first kappa shape index (κ1) is 8.21. The molecular weight excluding hydrogens is 162 g/mol. The number of nitrogens with one attached hydrogen (secondary N) is 2. The topological polar surface area (TPSA) is 27.3 Å². The van der Waals surface area contributed by atoms with E-state index in [1.54, 1.807) is 0 Å². The third kappa shape index (κ3) is 1.07. The molecule has 3 rings (SSSR count). The summed E-state index contributed by atoms with van der Waals surface area (Å²) in [5, 5.41) is 7.18. The number of hydrogen-bond acceptors (Lipinski definition) is 3. The van der Waals surface area contributed by atoms with Crippen molar-refractivity contribution in [1.29, 1.82) is 0 Å². The molecule has 3 heterocycles. The fourth-order valence-corrected chi connectivity index (χ4v) is 3.76. The second-order valence-corrected chi connectivity index (χ2v) is 5.19. The van der Waals surface area contributed by atoms with Gasteiger partial charge in [-0.3, -0.25) is 0 Å². The number of rotatable bonds is 0. The van der Waals surface area contributed by atoms with Crippen molar-refractivity contribution >= 4 is 0 Å². The van der Waals surface area contributed by atoms with Gasteiger partial charge in [0.15, 0.2) is 0 Å². The van der Waals surface area contributed by atoms with Gasteiger partial charge in [-0.15, -0.1) is 0 Å². The van der Waals surface area contributed by atoms with Gasteiger partial charge in [0.2, 0.25) is 0 Å². The first-order valence-corrected chi connectivity index (χ1v) is 5.40. The second-order valence-electron chi connectivity index (χ2n) is 5.19. The molecular formula is C10H19N3. The lowest BCUT2D eigenvalue weighted by Gasteiger charge is -2.51. The van der Waals surface area contributed by atoms with E-state index in [9.17, 15) is 0 Å². The number of piperidine rings is 2. The molecule has 2 N–H and O–H groups in total. The highest BCUT2D eigenvalue weighted by Crippen LogP contribution is 2.42. The molecule has 0 radical (unpaired) electrons. The molecule has 0 spiro atoms. The van der Waals surface area contributed by atoms with Crippen molar-refractivity contribution in [2.45, 2.75) is 0 Å². The van der Waals surface area contributed by atoms with Crippen molar-refractivity contribution in [1.82, 2.24) is 15.5 Å². The van der Waals surface area contributed by atoms with Crippen LogP contribution in [0.2, 0.25) is 0 Å². The predicted octanol–water partition coefficient (Wildman–Crippen LogP) is -0.643. The molecule has 3 aliphatic rings. The van der Waals surface area contributed by atoms with E-state index in [2.05, 4.69) is 22.6 Å². The number of hydrogen-bond donors (Lipinski definition) is 2. The maximum absolute atomic E-state index is 3.60. The minimum Gasteiger partial charge on any atom is -0.316 e. The Balaban J connectivity index is 1.92. The van der Waals surface area contributed by atoms with Gasteiger partial charge in [0.25, 0.3) is 0 Å². The Morgan fingerprint density at radius 1 is 1.23 bits per heavy atom. The molecule has 3 nitrogen and oxygen atoms in total. The molecule has 0 aromatic carbocycles. The monoisotopic (exact) mass is 181 g/mol. The van der Waals surface area contributed by atoms with Crippen molar-refractivity contribution in [3.63, 3.8) is 0 Å². The average molecular weight is 181 g/mol. The minimum absolute atomic E-state index is 0.565. The molecule has 3 aliphatic heterocycles. The lowest BCUT2D eigenvalue weighted by atomic mass is 9.66. The van der Waals surface area contributed by atoms with E-state index in [0.29, 0.717) is 5.41 Å². The van der Waals surface area contributed by atoms with Crippen LogP contribution in [0.5, 0.6) is 0 Å². The van der Waals surface area contributed by atoms with Crippen LogP contribution in [0.1, 0.15) is 0 Å². The normalized spacial score (nSPS) is 50.5. The van der Waals surface area contributed by atoms with Crippen LogP contribution in [0.3, 0.4) is 0 Å². The summed E-state index contributed by atoms with van der Waals surface area (Å²) in [6.07, 6.45) is 0. The van der Waals surface area contributed by atoms with Crippen molar-refractivity contribution in [2.75, 3.05) is 46.3 Å². The molecule has 3 heteroatoms. The van der Waals surface area contributed by atoms with Crippen LogP contribution in [-0.2, 0) is 0 Å². The SMILES string of the molecule is CN1CC2CNCC3(CNCC23)C1. The molecule has 3 atom stereocenters. The maximum Gasteiger partial charge on any atom is 0.0123 e. The molecule has 0 aromatic rings. The van der Waals surface area contributed by atoms with Crippen LogP contribution < -0.4 is 10.6 Å². The highest BCUT2D eigenvalue weighted by molar-refractivity contribution is 5.07. The summed E-state index contributed by atoms with van der Waals surface area (Å²) in [5.41, 5.74) is 0.565. The molecule has 2 bridgehead atoms. The molecule has 3 saturated heterocycles. The second kappa shape index (κ2) is 2.69. The van der Waals surface area contributed by atoms with E-state index < -0.39 is 0 Å². The summed E-state index contributed by atoms with van der Waals surface area (Å²) >= 11 is 0. The number of likely N-dealkylation sites (tertiary alicyclic amines) is 1. The van der Waals surface area contributed by atoms with E-state index in [1.165, 1.54) is 39.3 Å². The summed E-state index contributed by atoms with van der Waals surface area (Å²) in [6.45, 7) is 7.53. The smallest absolute Gasteiger partial charge is 0.0123 e. The summed E-state index contributed by atoms with van der Waals surface area (Å²) in [5.74, 6) is 1.84. The standard InChI is InChI=1S/C10H19N3/c1-13-4-8-2-11-5-10(7-13)6-12-3-9(8)10/h8-9,11-12H,2-7H2,1H3. The summed E-state index contributed by atoms with van der Waals surface area (Å²) in [4.78, 5) is 2.52. The predicted molar refractivity (Wildman–Crippen MR) is 52.6 cm³/mol. The van der Waals surface area contributed by atoms with Crippen molar-refractivity contribution < 1.29 is 0 Å². The fraction of sp³-hybridized carbons (Fsp3) is 1.00. The Morgan fingerprint density at radius 2 is 2.00 bits per heavy atom. The van der Waals surface area contributed by atoms with Crippen molar-refractivity contribution in [3.05, 3.63) is 0 Å². The maximum atomic E-state index is 3.60. The quantitative estimate of drug-likeness (QED) is 0.520. The molecule has 0 amide bonds. The van der Waals surface area contributed by atoms with Crippen LogP contribution in [0.4, 0.5) is 0 Å². The van der Waals surface area contributed by atoms with Crippen LogP contribution in [0.25, 0.3) is 0 Å². The van der Waals surface area contributed by atoms with Gasteiger partial charge in [-0.1, -0.05) is 0 Å². The van der Waals surface area contributed by atoms with E-state index in [-0.39, 0.29) is 0 Å². The highest BCUT2D eigenvalue weighted by atomic mass is 15.2. The zero-order valence-electron chi connectivity index (χ0n) is 8.34. The van der Waals surface area contributed by atoms with Gasteiger partial charge < -0.3 is 15.5 Å². The van der Waals surface area contributed by atoms with Gasteiger partial charge in [0.1, 0.15) is 0 Å². The van der Waals surface area contributed by atoms with Crippen molar-refractivity contribution in [2.24, 2.45) is 17.3 Å². The van der Waals surface area contributed by atoms with Crippen molar-refractivity contribution in [3.8, 4) is 0 Å². The summed E-state index contributed by atoms with van der Waals surface area (Å²) in [6, 6.07) is 0. The molecule has 0 saturated carbocycles. The zero-order chi connectivity index (χ0) is 8.89. The van der Waals surface area contributed by atoms with Crippen LogP contribution in [0, 0.1) is 17.3 Å². The molecule has 3 unspecified atom stereocenters. The van der Waals surface area contributed by atoms with Gasteiger partial charge in [0.05, 0.1) is 0 Å². The summed E-state index contributed by atoms with van der Waals surface area (Å²) in [7, 11) is 2.27. The molecule has 0 aliphatic carbocycles. The average Bonchev–Trinajstić information content (AvgIpc) is 2.47. The minimum atomic E-state index is 0.565. The molecule has 0 aromatic heterocycles. The fourth-order valence-electron chi connectivity index (χ4n) is 3.76. The van der Waals surface area contributed by atoms with Crippen LogP contribution in [0.15, 0.2) is 0 Å². The van der Waals surface area contributed by atoms with Crippen LogP contribution >= 0.6 is 0 Å². The zero-order valence-corrected chi connectivity index (χ0v) is 8.34. The van der Waals surface area contributed by atoms with Gasteiger partial charge >= 0.3 is 0 Å². The third-order valence-electron chi connectivity index (χ3n) is 4.21. The van der Waals surface area contributed by atoms with Gasteiger partial charge in [0, 0.05) is 31.6 Å². The Labute approximate surface area is 79.9 Å². The highest BCUT2D eigenvalue weighted by Gasteiger charge is 2.52. The number of nitrogens with zero attached hydrogens (tertiary/aromatic N) is 1. The Bertz CT molecular complexity index is 218. The lowest BCUT2D eigenvalue weighted by molar-refractivity contribution is 0.00185. The van der Waals surface area contributed by atoms with E-state index in [0.717, 1.165) is 11.8 Å². The molecule has 74 valence electrons. The Hall–Kier alpha value is -0.120. The van der Waals surface area contributed by atoms with Gasteiger partial charge in [-0.05, 0) is 32.0 Å². The Morgan fingerprint density at radius 3 is 2.85 bits per heavy atom.